The molecule has 0 aliphatic heterocycles. The van der Waals surface area contributed by atoms with Crippen molar-refractivity contribution < 1.29 is 18.0 Å². The minimum absolute atomic E-state index is 0.0170. The van der Waals surface area contributed by atoms with Gasteiger partial charge in [-0.3, -0.25) is 4.79 Å². The molecule has 0 heterocycles. The summed E-state index contributed by atoms with van der Waals surface area (Å²) in [5, 5.41) is 0. The van der Waals surface area contributed by atoms with Gasteiger partial charge in [-0.15, -0.1) is 0 Å². The van der Waals surface area contributed by atoms with Crippen LogP contribution in [0, 0.1) is 17.5 Å². The third kappa shape index (κ3) is 1.96. The zero-order valence-electron chi connectivity index (χ0n) is 8.60. The van der Waals surface area contributed by atoms with Crippen molar-refractivity contribution >= 4 is 5.78 Å². The lowest BCUT2D eigenvalue weighted by Crippen LogP contribution is -2.17. The Morgan fingerprint density at radius 1 is 1.06 bits per heavy atom. The van der Waals surface area contributed by atoms with E-state index >= 15 is 0 Å². The molecule has 4 heteroatoms. The molecule has 0 spiro atoms. The van der Waals surface area contributed by atoms with Crippen LogP contribution in [-0.2, 0) is 4.79 Å². The van der Waals surface area contributed by atoms with Gasteiger partial charge in [0.1, 0.15) is 5.78 Å². The van der Waals surface area contributed by atoms with Gasteiger partial charge < -0.3 is 0 Å². The molecule has 16 heavy (non-hydrogen) atoms. The summed E-state index contributed by atoms with van der Waals surface area (Å²) in [5.74, 6) is -4.43. The fraction of sp³-hybridized carbons (Fsp3) is 0.417. The van der Waals surface area contributed by atoms with Crippen molar-refractivity contribution in [3.63, 3.8) is 0 Å². The first kappa shape index (κ1) is 11.2. The number of Topliss-reactive ketones (excluding diaryl/α,β-unsaturated/α-hetero) is 1. The van der Waals surface area contributed by atoms with Crippen molar-refractivity contribution in [2.45, 2.75) is 31.6 Å². The molecule has 86 valence electrons. The Labute approximate surface area is 91.3 Å². The lowest BCUT2D eigenvalue weighted by Gasteiger charge is -2.20. The molecule has 1 aliphatic rings. The highest BCUT2D eigenvalue weighted by Gasteiger charge is 2.25. The molecule has 1 saturated carbocycles. The predicted molar refractivity (Wildman–Crippen MR) is 52.5 cm³/mol. The van der Waals surface area contributed by atoms with Crippen molar-refractivity contribution in [2.24, 2.45) is 0 Å². The van der Waals surface area contributed by atoms with Crippen molar-refractivity contribution in [1.29, 1.82) is 0 Å². The molecule has 1 fully saturated rings. The molecule has 1 atom stereocenters. The van der Waals surface area contributed by atoms with E-state index in [4.69, 9.17) is 0 Å². The summed E-state index contributed by atoms with van der Waals surface area (Å²) < 4.78 is 38.7. The van der Waals surface area contributed by atoms with Crippen molar-refractivity contribution in [2.75, 3.05) is 0 Å². The Morgan fingerprint density at radius 3 is 2.25 bits per heavy atom. The molecule has 1 aromatic rings. The monoisotopic (exact) mass is 228 g/mol. The molecular weight excluding hydrogens is 217 g/mol. The first-order valence-electron chi connectivity index (χ1n) is 5.26. The number of rotatable bonds is 1. The zero-order chi connectivity index (χ0) is 11.7. The Morgan fingerprint density at radius 2 is 1.69 bits per heavy atom. The average Bonchev–Trinajstić information content (AvgIpc) is 2.26. The summed E-state index contributed by atoms with van der Waals surface area (Å²) in [5.41, 5.74) is 0.251. The molecule has 2 rings (SSSR count). The highest BCUT2D eigenvalue weighted by atomic mass is 19.2. The molecule has 1 aromatic carbocycles. The molecule has 1 aliphatic carbocycles. The van der Waals surface area contributed by atoms with E-state index < -0.39 is 23.4 Å². The largest absolute Gasteiger partial charge is 0.299 e. The van der Waals surface area contributed by atoms with Crippen LogP contribution in [0.5, 0.6) is 0 Å². The van der Waals surface area contributed by atoms with Gasteiger partial charge >= 0.3 is 0 Å². The Balaban J connectivity index is 2.36. The van der Waals surface area contributed by atoms with E-state index in [0.29, 0.717) is 12.8 Å². The molecule has 0 saturated heterocycles. The highest BCUT2D eigenvalue weighted by Crippen LogP contribution is 2.31. The van der Waals surface area contributed by atoms with Gasteiger partial charge in [0.25, 0.3) is 0 Å². The second kappa shape index (κ2) is 4.28. The third-order valence-electron chi connectivity index (χ3n) is 2.96. The van der Waals surface area contributed by atoms with Crippen LogP contribution in [0.3, 0.4) is 0 Å². The van der Waals surface area contributed by atoms with E-state index in [1.54, 1.807) is 0 Å². The predicted octanol–water partition coefficient (Wildman–Crippen LogP) is 3.33. The maximum atomic E-state index is 13.0. The number of carbonyl (C=O) groups is 1. The van der Waals surface area contributed by atoms with Crippen LogP contribution in [0.2, 0.25) is 0 Å². The summed E-state index contributed by atoms with van der Waals surface area (Å²) in [6.45, 7) is 0. The second-order valence-electron chi connectivity index (χ2n) is 4.06. The number of benzene rings is 1. The summed E-state index contributed by atoms with van der Waals surface area (Å²) >= 11 is 0. The smallest absolute Gasteiger partial charge is 0.194 e. The Kier molecular flexibility index (Phi) is 2.99. The standard InChI is InChI=1S/C12H11F3O/c13-9-5-7(6-10(14)12(9)15)8-3-1-2-4-11(8)16/h5-6,8H,1-4H2. The van der Waals surface area contributed by atoms with E-state index in [9.17, 15) is 18.0 Å². The molecule has 0 bridgehead atoms. The number of ketones is 1. The maximum absolute atomic E-state index is 13.0. The summed E-state index contributed by atoms with van der Waals surface area (Å²) in [4.78, 5) is 11.6. The molecule has 0 aromatic heterocycles. The van der Waals surface area contributed by atoms with Crippen LogP contribution in [0.4, 0.5) is 13.2 Å². The van der Waals surface area contributed by atoms with E-state index in [1.165, 1.54) is 0 Å². The van der Waals surface area contributed by atoms with Crippen molar-refractivity contribution in [3.8, 4) is 0 Å². The van der Waals surface area contributed by atoms with E-state index in [1.807, 2.05) is 0 Å². The highest BCUT2D eigenvalue weighted by molar-refractivity contribution is 5.86. The van der Waals surface area contributed by atoms with Crippen LogP contribution in [0.1, 0.15) is 37.2 Å². The molecule has 0 amide bonds. The minimum atomic E-state index is -1.48. The van der Waals surface area contributed by atoms with Gasteiger partial charge in [0.2, 0.25) is 0 Å². The number of hydrogen-bond donors (Lipinski definition) is 0. The fourth-order valence-electron chi connectivity index (χ4n) is 2.11. The van der Waals surface area contributed by atoms with Crippen LogP contribution in [0.15, 0.2) is 12.1 Å². The maximum Gasteiger partial charge on any atom is 0.194 e. The van der Waals surface area contributed by atoms with Gasteiger partial charge in [-0.2, -0.15) is 0 Å². The third-order valence-corrected chi connectivity index (χ3v) is 2.96. The van der Waals surface area contributed by atoms with Gasteiger partial charge in [-0.25, -0.2) is 13.2 Å². The van der Waals surface area contributed by atoms with E-state index in [2.05, 4.69) is 0 Å². The average molecular weight is 228 g/mol. The number of hydrogen-bond acceptors (Lipinski definition) is 1. The SMILES string of the molecule is O=C1CCCCC1c1cc(F)c(F)c(F)c1. The fourth-order valence-corrected chi connectivity index (χ4v) is 2.11. The molecule has 0 N–H and O–H groups in total. The van der Waals surface area contributed by atoms with Crippen LogP contribution in [-0.4, -0.2) is 5.78 Å². The molecular formula is C12H11F3O. The van der Waals surface area contributed by atoms with Gasteiger partial charge in [0.15, 0.2) is 17.5 Å². The first-order chi connectivity index (χ1) is 7.59. The molecule has 0 radical (unpaired) electrons. The van der Waals surface area contributed by atoms with Crippen molar-refractivity contribution in [1.82, 2.24) is 0 Å². The normalized spacial score (nSPS) is 21.2. The quantitative estimate of drug-likeness (QED) is 0.674. The van der Waals surface area contributed by atoms with Gasteiger partial charge in [-0.05, 0) is 30.5 Å². The number of halogens is 3. The Bertz CT molecular complexity index is 405. The zero-order valence-corrected chi connectivity index (χ0v) is 8.60. The minimum Gasteiger partial charge on any atom is -0.299 e. The van der Waals surface area contributed by atoms with Gasteiger partial charge in [0.05, 0.1) is 0 Å². The van der Waals surface area contributed by atoms with Crippen LogP contribution in [0.25, 0.3) is 0 Å². The van der Waals surface area contributed by atoms with E-state index in [-0.39, 0.29) is 11.3 Å². The Hall–Kier alpha value is -1.32. The van der Waals surface area contributed by atoms with Crippen LogP contribution < -0.4 is 0 Å². The summed E-state index contributed by atoms with van der Waals surface area (Å²) in [6, 6.07) is 1.85. The lowest BCUT2D eigenvalue weighted by atomic mass is 9.83. The topological polar surface area (TPSA) is 17.1 Å². The van der Waals surface area contributed by atoms with Crippen LogP contribution >= 0.6 is 0 Å². The summed E-state index contributed by atoms with van der Waals surface area (Å²) in [7, 11) is 0. The van der Waals surface area contributed by atoms with Crippen molar-refractivity contribution in [3.05, 3.63) is 35.1 Å². The first-order valence-corrected chi connectivity index (χ1v) is 5.26. The number of carbonyl (C=O) groups excluding carboxylic acids is 1. The van der Waals surface area contributed by atoms with Gasteiger partial charge in [-0.1, -0.05) is 6.42 Å². The lowest BCUT2D eigenvalue weighted by molar-refractivity contribution is -0.121. The second-order valence-corrected chi connectivity index (χ2v) is 4.06. The molecule has 1 unspecified atom stereocenters. The van der Waals surface area contributed by atoms with E-state index in [0.717, 1.165) is 25.0 Å². The summed E-state index contributed by atoms with van der Waals surface area (Å²) in [6.07, 6.45) is 2.70. The van der Waals surface area contributed by atoms with Gasteiger partial charge in [0, 0.05) is 12.3 Å². The molecule has 1 nitrogen and oxygen atoms in total.